The summed E-state index contributed by atoms with van der Waals surface area (Å²) in [5, 5.41) is 3.95. The van der Waals surface area contributed by atoms with Crippen molar-refractivity contribution in [3.63, 3.8) is 0 Å². The van der Waals surface area contributed by atoms with E-state index in [-0.39, 0.29) is 16.1 Å². The van der Waals surface area contributed by atoms with Crippen LogP contribution >= 0.6 is 0 Å². The number of rotatable bonds is 5. The molecular weight excluding hydrogens is 252 g/mol. The summed E-state index contributed by atoms with van der Waals surface area (Å²) in [5.74, 6) is 0.0584. The lowest BCUT2D eigenvalue weighted by Gasteiger charge is -2.38. The molecule has 1 aromatic rings. The van der Waals surface area contributed by atoms with E-state index in [1.165, 1.54) is 17.3 Å². The van der Waals surface area contributed by atoms with Crippen LogP contribution in [0.5, 0.6) is 0 Å². The van der Waals surface area contributed by atoms with Crippen LogP contribution in [0, 0.1) is 5.41 Å². The van der Waals surface area contributed by atoms with E-state index in [1.54, 1.807) is 0 Å². The minimum absolute atomic E-state index is 0.0584. The van der Waals surface area contributed by atoms with Gasteiger partial charge in [0.1, 0.15) is 4.90 Å². The Balaban J connectivity index is 2.12. The Hall–Kier alpha value is -1.08. The first-order chi connectivity index (χ1) is 8.36. The highest BCUT2D eigenvalue weighted by Crippen LogP contribution is 2.39. The van der Waals surface area contributed by atoms with Crippen molar-refractivity contribution in [2.45, 2.75) is 44.6 Å². The normalized spacial score (nSPS) is 18.6. The molecule has 0 amide bonds. The molecule has 1 aliphatic carbocycles. The van der Waals surface area contributed by atoms with Crippen LogP contribution in [0.15, 0.2) is 11.1 Å². The zero-order valence-corrected chi connectivity index (χ0v) is 11.6. The largest absolute Gasteiger partial charge is 0.381 e. The van der Waals surface area contributed by atoms with Gasteiger partial charge in [0, 0.05) is 19.3 Å². The summed E-state index contributed by atoms with van der Waals surface area (Å²) in [6.07, 6.45) is 4.79. The molecule has 0 aliphatic heterocycles. The summed E-state index contributed by atoms with van der Waals surface area (Å²) in [6, 6.07) is 0. The fraction of sp³-hybridized carbons (Fsp3) is 0.727. The van der Waals surface area contributed by atoms with Crippen molar-refractivity contribution in [1.29, 1.82) is 0 Å². The molecule has 102 valence electrons. The van der Waals surface area contributed by atoms with Crippen LogP contribution in [0.4, 0.5) is 5.82 Å². The van der Waals surface area contributed by atoms with Gasteiger partial charge in [-0.2, -0.15) is 5.10 Å². The Morgan fingerprint density at radius 1 is 1.56 bits per heavy atom. The highest BCUT2D eigenvalue weighted by molar-refractivity contribution is 7.89. The first kappa shape index (κ1) is 13.4. The van der Waals surface area contributed by atoms with Crippen LogP contribution in [0.25, 0.3) is 0 Å². The SMILES string of the molecule is CCn1cc(S(=O)(=O)NCC2(C)CCC2)c(N)n1. The molecule has 0 atom stereocenters. The molecule has 0 bridgehead atoms. The predicted molar refractivity (Wildman–Crippen MR) is 69.5 cm³/mol. The van der Waals surface area contributed by atoms with E-state index >= 15 is 0 Å². The molecule has 0 saturated heterocycles. The lowest BCUT2D eigenvalue weighted by Crippen LogP contribution is -2.39. The van der Waals surface area contributed by atoms with E-state index in [1.807, 2.05) is 6.92 Å². The summed E-state index contributed by atoms with van der Waals surface area (Å²) >= 11 is 0. The van der Waals surface area contributed by atoms with Crippen molar-refractivity contribution in [3.8, 4) is 0 Å². The molecule has 1 saturated carbocycles. The van der Waals surface area contributed by atoms with Crippen LogP contribution in [0.2, 0.25) is 0 Å². The summed E-state index contributed by atoms with van der Waals surface area (Å²) < 4.78 is 28.4. The van der Waals surface area contributed by atoms with Crippen molar-refractivity contribution in [1.82, 2.24) is 14.5 Å². The van der Waals surface area contributed by atoms with Gasteiger partial charge in [0.2, 0.25) is 10.0 Å². The Labute approximate surface area is 108 Å². The third-order valence-electron chi connectivity index (χ3n) is 3.62. The van der Waals surface area contributed by atoms with E-state index in [9.17, 15) is 8.42 Å². The van der Waals surface area contributed by atoms with Crippen LogP contribution in [0.3, 0.4) is 0 Å². The lowest BCUT2D eigenvalue weighted by molar-refractivity contribution is 0.166. The monoisotopic (exact) mass is 272 g/mol. The Bertz CT molecular complexity index is 531. The van der Waals surface area contributed by atoms with Crippen molar-refractivity contribution >= 4 is 15.8 Å². The number of nitrogens with zero attached hydrogens (tertiary/aromatic N) is 2. The van der Waals surface area contributed by atoms with Gasteiger partial charge in [-0.15, -0.1) is 0 Å². The molecule has 0 radical (unpaired) electrons. The molecule has 18 heavy (non-hydrogen) atoms. The number of nitrogens with one attached hydrogen (secondary N) is 1. The number of sulfonamides is 1. The molecule has 1 aromatic heterocycles. The van der Waals surface area contributed by atoms with Crippen LogP contribution in [0.1, 0.15) is 33.1 Å². The second-order valence-corrected chi connectivity index (χ2v) is 6.96. The van der Waals surface area contributed by atoms with E-state index in [0.29, 0.717) is 13.1 Å². The molecule has 6 nitrogen and oxygen atoms in total. The van der Waals surface area contributed by atoms with Gasteiger partial charge in [-0.3, -0.25) is 4.68 Å². The van der Waals surface area contributed by atoms with Crippen molar-refractivity contribution in [2.24, 2.45) is 5.41 Å². The molecule has 3 N–H and O–H groups in total. The van der Waals surface area contributed by atoms with Gasteiger partial charge >= 0.3 is 0 Å². The molecule has 2 rings (SSSR count). The van der Waals surface area contributed by atoms with Gasteiger partial charge < -0.3 is 5.73 Å². The standard InChI is InChI=1S/C11H20N4O2S/c1-3-15-7-9(10(12)14-15)18(16,17)13-8-11(2)5-4-6-11/h7,13H,3-6,8H2,1-2H3,(H2,12,14). The van der Waals surface area contributed by atoms with Gasteiger partial charge in [0.15, 0.2) is 5.82 Å². The van der Waals surface area contributed by atoms with Gasteiger partial charge in [0.05, 0.1) is 0 Å². The highest BCUT2D eigenvalue weighted by Gasteiger charge is 2.33. The van der Waals surface area contributed by atoms with Crippen LogP contribution in [-0.2, 0) is 16.6 Å². The highest BCUT2D eigenvalue weighted by atomic mass is 32.2. The van der Waals surface area contributed by atoms with Gasteiger partial charge in [-0.1, -0.05) is 13.3 Å². The number of aromatic nitrogens is 2. The number of hydrogen-bond donors (Lipinski definition) is 2. The lowest BCUT2D eigenvalue weighted by atomic mass is 9.71. The number of nitrogens with two attached hydrogens (primary N) is 1. The van der Waals surface area contributed by atoms with Crippen molar-refractivity contribution < 1.29 is 8.42 Å². The predicted octanol–water partition coefficient (Wildman–Crippen LogP) is 0.954. The zero-order valence-electron chi connectivity index (χ0n) is 10.8. The zero-order chi connectivity index (χ0) is 13.4. The van der Waals surface area contributed by atoms with E-state index < -0.39 is 10.0 Å². The number of nitrogen functional groups attached to an aromatic ring is 1. The quantitative estimate of drug-likeness (QED) is 0.835. The summed E-state index contributed by atoms with van der Waals surface area (Å²) in [6.45, 7) is 5.03. The molecule has 1 fully saturated rings. The maximum atomic E-state index is 12.1. The molecule has 0 unspecified atom stereocenters. The Morgan fingerprint density at radius 2 is 2.22 bits per heavy atom. The van der Waals surface area contributed by atoms with Crippen molar-refractivity contribution in [2.75, 3.05) is 12.3 Å². The van der Waals surface area contributed by atoms with E-state index in [4.69, 9.17) is 5.73 Å². The molecule has 1 heterocycles. The van der Waals surface area contributed by atoms with Crippen LogP contribution in [-0.4, -0.2) is 24.7 Å². The fourth-order valence-corrected chi connectivity index (χ4v) is 3.36. The van der Waals surface area contributed by atoms with Crippen LogP contribution < -0.4 is 10.5 Å². The third-order valence-corrected chi connectivity index (χ3v) is 5.04. The molecule has 7 heteroatoms. The molecule has 0 spiro atoms. The van der Waals surface area contributed by atoms with Crippen molar-refractivity contribution in [3.05, 3.63) is 6.20 Å². The van der Waals surface area contributed by atoms with Gasteiger partial charge in [0.25, 0.3) is 0 Å². The van der Waals surface area contributed by atoms with E-state index in [0.717, 1.165) is 12.8 Å². The van der Waals surface area contributed by atoms with Gasteiger partial charge in [-0.25, -0.2) is 13.1 Å². The Kier molecular flexibility index (Phi) is 3.37. The summed E-state index contributed by atoms with van der Waals surface area (Å²) in [5.41, 5.74) is 5.74. The molecule has 0 aromatic carbocycles. The number of aryl methyl sites for hydroxylation is 1. The molecular formula is C11H20N4O2S. The maximum absolute atomic E-state index is 12.1. The smallest absolute Gasteiger partial charge is 0.245 e. The van der Waals surface area contributed by atoms with E-state index in [2.05, 4.69) is 16.7 Å². The summed E-state index contributed by atoms with van der Waals surface area (Å²) in [4.78, 5) is 0.0762. The average molecular weight is 272 g/mol. The van der Waals surface area contributed by atoms with Gasteiger partial charge in [-0.05, 0) is 25.2 Å². The second-order valence-electron chi connectivity index (χ2n) is 5.22. The summed E-state index contributed by atoms with van der Waals surface area (Å²) in [7, 11) is -3.55. The fourth-order valence-electron chi connectivity index (χ4n) is 2.09. The minimum Gasteiger partial charge on any atom is -0.381 e. The second kappa shape index (κ2) is 4.55. The maximum Gasteiger partial charge on any atom is 0.245 e. The minimum atomic E-state index is -3.55. The first-order valence-corrected chi connectivity index (χ1v) is 7.67. The Morgan fingerprint density at radius 3 is 2.67 bits per heavy atom. The molecule has 1 aliphatic rings. The number of anilines is 1. The number of hydrogen-bond acceptors (Lipinski definition) is 4. The third kappa shape index (κ3) is 2.51. The first-order valence-electron chi connectivity index (χ1n) is 6.19. The topological polar surface area (TPSA) is 90.0 Å². The average Bonchev–Trinajstić information content (AvgIpc) is 2.66.